The molecule has 0 radical (unpaired) electrons. The zero-order valence-corrected chi connectivity index (χ0v) is 14.8. The minimum Gasteiger partial charge on any atom is -0.351 e. The van der Waals surface area contributed by atoms with Crippen LogP contribution in [-0.2, 0) is 0 Å². The van der Waals surface area contributed by atoms with Gasteiger partial charge in [-0.05, 0) is 54.0 Å². The predicted molar refractivity (Wildman–Crippen MR) is 92.5 cm³/mol. The molecule has 1 aromatic carbocycles. The quantitative estimate of drug-likeness (QED) is 0.579. The van der Waals surface area contributed by atoms with Gasteiger partial charge < -0.3 is 5.32 Å². The van der Waals surface area contributed by atoms with Crippen LogP contribution in [0.1, 0.15) is 48.0 Å². The Balaban J connectivity index is 2.02. The predicted octanol–water partition coefficient (Wildman–Crippen LogP) is 4.52. The third-order valence-electron chi connectivity index (χ3n) is 4.26. The molecule has 0 spiro atoms. The first kappa shape index (κ1) is 16.1. The summed E-state index contributed by atoms with van der Waals surface area (Å²) in [6.07, 6.45) is 6.00. The standard InChI is InChI=1S/C16H21ClINO/c1-12-6-5-7-13(14(12)18)15(20)19-11-16(10-17)8-3-2-4-9-16/h5-7H,2-4,8-11H2,1H3,(H,19,20). The molecule has 0 unspecified atom stereocenters. The van der Waals surface area contributed by atoms with E-state index in [4.69, 9.17) is 11.6 Å². The monoisotopic (exact) mass is 405 g/mol. The first-order valence-corrected chi connectivity index (χ1v) is 8.79. The van der Waals surface area contributed by atoms with Crippen molar-refractivity contribution in [2.45, 2.75) is 39.0 Å². The molecule has 0 bridgehead atoms. The lowest BCUT2D eigenvalue weighted by Crippen LogP contribution is -2.40. The van der Waals surface area contributed by atoms with Crippen LogP contribution >= 0.6 is 34.2 Å². The second-order valence-corrected chi connectivity index (χ2v) is 7.16. The fourth-order valence-electron chi connectivity index (χ4n) is 2.85. The molecule has 1 aliphatic rings. The van der Waals surface area contributed by atoms with Crippen LogP contribution in [0.2, 0.25) is 0 Å². The maximum absolute atomic E-state index is 12.4. The number of hydrogen-bond donors (Lipinski definition) is 1. The first-order valence-electron chi connectivity index (χ1n) is 7.17. The van der Waals surface area contributed by atoms with Crippen LogP contribution in [-0.4, -0.2) is 18.3 Å². The first-order chi connectivity index (χ1) is 9.58. The Morgan fingerprint density at radius 1 is 1.35 bits per heavy atom. The van der Waals surface area contributed by atoms with Gasteiger partial charge in [0.1, 0.15) is 0 Å². The normalized spacial score (nSPS) is 17.8. The maximum atomic E-state index is 12.4. The fourth-order valence-corrected chi connectivity index (χ4v) is 3.81. The van der Waals surface area contributed by atoms with Crippen molar-refractivity contribution in [1.82, 2.24) is 5.32 Å². The van der Waals surface area contributed by atoms with Gasteiger partial charge in [-0.3, -0.25) is 4.79 Å². The zero-order valence-electron chi connectivity index (χ0n) is 11.8. The Bertz CT molecular complexity index is 483. The van der Waals surface area contributed by atoms with Crippen LogP contribution in [0.5, 0.6) is 0 Å². The number of rotatable bonds is 4. The lowest BCUT2D eigenvalue weighted by atomic mass is 9.75. The van der Waals surface area contributed by atoms with E-state index in [1.807, 2.05) is 25.1 Å². The number of hydrogen-bond acceptors (Lipinski definition) is 1. The van der Waals surface area contributed by atoms with E-state index in [1.54, 1.807) is 0 Å². The summed E-state index contributed by atoms with van der Waals surface area (Å²) in [5.41, 5.74) is 2.01. The lowest BCUT2D eigenvalue weighted by molar-refractivity contribution is 0.0920. The molecule has 1 aliphatic carbocycles. The van der Waals surface area contributed by atoms with Gasteiger partial charge in [0.15, 0.2) is 0 Å². The van der Waals surface area contributed by atoms with Crippen molar-refractivity contribution in [2.24, 2.45) is 5.41 Å². The molecule has 1 aromatic rings. The van der Waals surface area contributed by atoms with E-state index in [-0.39, 0.29) is 11.3 Å². The minimum absolute atomic E-state index is 0.0214. The molecule has 0 atom stereocenters. The Hall–Kier alpha value is -0.290. The van der Waals surface area contributed by atoms with Crippen LogP contribution in [0.15, 0.2) is 18.2 Å². The summed E-state index contributed by atoms with van der Waals surface area (Å²) < 4.78 is 1.03. The highest BCUT2D eigenvalue weighted by atomic mass is 127. The lowest BCUT2D eigenvalue weighted by Gasteiger charge is -2.35. The van der Waals surface area contributed by atoms with E-state index in [1.165, 1.54) is 19.3 Å². The van der Waals surface area contributed by atoms with Crippen LogP contribution in [0.4, 0.5) is 0 Å². The molecule has 110 valence electrons. The molecule has 0 aromatic heterocycles. The largest absolute Gasteiger partial charge is 0.351 e. The Kier molecular flexibility index (Phi) is 5.73. The second kappa shape index (κ2) is 7.12. The van der Waals surface area contributed by atoms with Crippen molar-refractivity contribution < 1.29 is 4.79 Å². The Morgan fingerprint density at radius 3 is 2.70 bits per heavy atom. The molecule has 1 amide bonds. The number of aryl methyl sites for hydroxylation is 1. The number of alkyl halides is 1. The summed E-state index contributed by atoms with van der Waals surface area (Å²) in [6.45, 7) is 2.72. The van der Waals surface area contributed by atoms with E-state index in [9.17, 15) is 4.79 Å². The molecule has 1 saturated carbocycles. The molecular weight excluding hydrogens is 385 g/mol. The SMILES string of the molecule is Cc1cccc(C(=O)NCC2(CCl)CCCCC2)c1I. The van der Waals surface area contributed by atoms with Crippen molar-refractivity contribution in [3.63, 3.8) is 0 Å². The molecule has 4 heteroatoms. The highest BCUT2D eigenvalue weighted by molar-refractivity contribution is 14.1. The molecule has 2 nitrogen and oxygen atoms in total. The number of nitrogens with one attached hydrogen (secondary N) is 1. The molecule has 2 rings (SSSR count). The van der Waals surface area contributed by atoms with Gasteiger partial charge in [0.25, 0.3) is 5.91 Å². The summed E-state index contributed by atoms with van der Waals surface area (Å²) in [5, 5.41) is 3.10. The summed E-state index contributed by atoms with van der Waals surface area (Å²) in [6, 6.07) is 5.85. The van der Waals surface area contributed by atoms with Crippen LogP contribution in [0.25, 0.3) is 0 Å². The highest BCUT2D eigenvalue weighted by Crippen LogP contribution is 2.36. The van der Waals surface area contributed by atoms with Gasteiger partial charge >= 0.3 is 0 Å². The second-order valence-electron chi connectivity index (χ2n) is 5.81. The average molecular weight is 406 g/mol. The molecule has 0 saturated heterocycles. The van der Waals surface area contributed by atoms with Crippen LogP contribution in [0.3, 0.4) is 0 Å². The van der Waals surface area contributed by atoms with Crippen LogP contribution in [0, 0.1) is 15.9 Å². The van der Waals surface area contributed by atoms with Gasteiger partial charge in [0.05, 0.1) is 5.56 Å². The van der Waals surface area contributed by atoms with Gasteiger partial charge in [-0.25, -0.2) is 0 Å². The minimum atomic E-state index is 0.0214. The smallest absolute Gasteiger partial charge is 0.252 e. The summed E-state index contributed by atoms with van der Waals surface area (Å²) in [7, 11) is 0. The molecular formula is C16H21ClINO. The van der Waals surface area contributed by atoms with Crippen molar-refractivity contribution in [1.29, 1.82) is 0 Å². The van der Waals surface area contributed by atoms with Gasteiger partial charge in [0.2, 0.25) is 0 Å². The molecule has 0 heterocycles. The summed E-state index contributed by atoms with van der Waals surface area (Å²) >= 11 is 8.41. The summed E-state index contributed by atoms with van der Waals surface area (Å²) in [5.74, 6) is 0.659. The van der Waals surface area contributed by atoms with E-state index < -0.39 is 0 Å². The third-order valence-corrected chi connectivity index (χ3v) is 6.26. The van der Waals surface area contributed by atoms with Gasteiger partial charge in [-0.15, -0.1) is 11.6 Å². The van der Waals surface area contributed by atoms with Crippen molar-refractivity contribution >= 4 is 40.1 Å². The van der Waals surface area contributed by atoms with E-state index in [2.05, 4.69) is 27.9 Å². The Morgan fingerprint density at radius 2 is 2.05 bits per heavy atom. The van der Waals surface area contributed by atoms with Crippen LogP contribution < -0.4 is 5.32 Å². The topological polar surface area (TPSA) is 29.1 Å². The molecule has 1 N–H and O–H groups in total. The Labute approximate surface area is 139 Å². The molecule has 1 fully saturated rings. The van der Waals surface area contributed by atoms with Crippen molar-refractivity contribution in [3.05, 3.63) is 32.9 Å². The molecule has 20 heavy (non-hydrogen) atoms. The molecule has 0 aliphatic heterocycles. The average Bonchev–Trinajstić information content (AvgIpc) is 2.48. The number of benzene rings is 1. The van der Waals surface area contributed by atoms with E-state index >= 15 is 0 Å². The van der Waals surface area contributed by atoms with Gasteiger partial charge in [-0.2, -0.15) is 0 Å². The fraction of sp³-hybridized carbons (Fsp3) is 0.562. The maximum Gasteiger partial charge on any atom is 0.252 e. The third kappa shape index (κ3) is 3.67. The number of carbonyl (C=O) groups excluding carboxylic acids is 1. The number of amides is 1. The van der Waals surface area contributed by atoms with Gasteiger partial charge in [-0.1, -0.05) is 31.4 Å². The highest BCUT2D eigenvalue weighted by Gasteiger charge is 2.31. The summed E-state index contributed by atoms with van der Waals surface area (Å²) in [4.78, 5) is 12.4. The van der Waals surface area contributed by atoms with Gasteiger partial charge in [0, 0.05) is 21.4 Å². The number of carbonyl (C=O) groups is 1. The van der Waals surface area contributed by atoms with E-state index in [0.29, 0.717) is 12.4 Å². The van der Waals surface area contributed by atoms with Crippen molar-refractivity contribution in [3.8, 4) is 0 Å². The zero-order chi connectivity index (χ0) is 14.6. The van der Waals surface area contributed by atoms with Crippen molar-refractivity contribution in [2.75, 3.05) is 12.4 Å². The number of halogens is 2. The van der Waals surface area contributed by atoms with E-state index in [0.717, 1.165) is 27.5 Å².